The van der Waals surface area contributed by atoms with Gasteiger partial charge in [-0.3, -0.25) is 0 Å². The summed E-state index contributed by atoms with van der Waals surface area (Å²) in [6, 6.07) is 0. The van der Waals surface area contributed by atoms with Crippen LogP contribution >= 0.6 is 0 Å². The standard InChI is InChI=1S/C7H12FNO3/c8-5-6(10)12-7(11)9-3-1-2-4-9/h6,10H,1-5H2/t6-/m0/s1. The maximum atomic E-state index is 11.7. The molecule has 0 aromatic rings. The first-order valence-electron chi connectivity index (χ1n) is 3.93. The van der Waals surface area contributed by atoms with Crippen molar-refractivity contribution in [1.82, 2.24) is 4.90 Å². The zero-order valence-corrected chi connectivity index (χ0v) is 6.70. The van der Waals surface area contributed by atoms with E-state index in [9.17, 15) is 9.18 Å². The van der Waals surface area contributed by atoms with E-state index in [0.29, 0.717) is 13.1 Å². The van der Waals surface area contributed by atoms with Crippen molar-refractivity contribution in [1.29, 1.82) is 0 Å². The topological polar surface area (TPSA) is 49.8 Å². The summed E-state index contributed by atoms with van der Waals surface area (Å²) < 4.78 is 16.0. The van der Waals surface area contributed by atoms with Gasteiger partial charge >= 0.3 is 6.09 Å². The lowest BCUT2D eigenvalue weighted by atomic mass is 10.4. The van der Waals surface area contributed by atoms with Gasteiger partial charge in [0.05, 0.1) is 0 Å². The van der Waals surface area contributed by atoms with Gasteiger partial charge in [0.25, 0.3) is 0 Å². The molecule has 1 aliphatic heterocycles. The van der Waals surface area contributed by atoms with Crippen molar-refractivity contribution in [3.63, 3.8) is 0 Å². The molecule has 1 aliphatic rings. The molecule has 0 unspecified atom stereocenters. The summed E-state index contributed by atoms with van der Waals surface area (Å²) in [5.41, 5.74) is 0. The van der Waals surface area contributed by atoms with E-state index in [4.69, 9.17) is 5.11 Å². The third-order valence-corrected chi connectivity index (χ3v) is 1.73. The fourth-order valence-corrected chi connectivity index (χ4v) is 1.12. The highest BCUT2D eigenvalue weighted by Crippen LogP contribution is 2.09. The zero-order chi connectivity index (χ0) is 8.97. The molecule has 1 amide bonds. The number of alkyl halides is 1. The second kappa shape index (κ2) is 4.25. The van der Waals surface area contributed by atoms with Crippen LogP contribution in [-0.4, -0.2) is 42.2 Å². The molecule has 1 atom stereocenters. The fraction of sp³-hybridized carbons (Fsp3) is 0.857. The Balaban J connectivity index is 2.27. The maximum absolute atomic E-state index is 11.7. The lowest BCUT2D eigenvalue weighted by Crippen LogP contribution is -2.32. The summed E-state index contributed by atoms with van der Waals surface area (Å²) in [6.07, 6.45) is -0.350. The van der Waals surface area contributed by atoms with Gasteiger partial charge in [0, 0.05) is 13.1 Å². The van der Waals surface area contributed by atoms with Gasteiger partial charge in [-0.2, -0.15) is 0 Å². The van der Waals surface area contributed by atoms with Crippen LogP contribution in [0.5, 0.6) is 0 Å². The molecular formula is C7H12FNO3. The van der Waals surface area contributed by atoms with E-state index in [1.807, 2.05) is 0 Å². The number of hydrogen-bond donors (Lipinski definition) is 1. The SMILES string of the molecule is O=C(O[C@H](O)CF)N1CCCC1. The maximum Gasteiger partial charge on any atom is 0.412 e. The first-order chi connectivity index (χ1) is 5.74. The highest BCUT2D eigenvalue weighted by Gasteiger charge is 2.21. The molecule has 0 aromatic carbocycles. The average molecular weight is 177 g/mol. The molecule has 4 nitrogen and oxygen atoms in total. The molecule has 1 heterocycles. The monoisotopic (exact) mass is 177 g/mol. The summed E-state index contributed by atoms with van der Waals surface area (Å²) in [5.74, 6) is 0. The molecule has 1 rings (SSSR count). The predicted octanol–water partition coefficient (Wildman–Crippen LogP) is 0.507. The van der Waals surface area contributed by atoms with E-state index in [0.717, 1.165) is 12.8 Å². The Kier molecular flexibility index (Phi) is 3.28. The largest absolute Gasteiger partial charge is 0.417 e. The number of rotatable bonds is 2. The number of carbonyl (C=O) groups is 1. The summed E-state index contributed by atoms with van der Waals surface area (Å²) in [6.45, 7) is 0.218. The van der Waals surface area contributed by atoms with Gasteiger partial charge in [-0.15, -0.1) is 0 Å². The van der Waals surface area contributed by atoms with Crippen molar-refractivity contribution in [2.45, 2.75) is 19.1 Å². The van der Waals surface area contributed by atoms with Crippen LogP contribution in [0.15, 0.2) is 0 Å². The summed E-state index contributed by atoms with van der Waals surface area (Å²) in [7, 11) is 0. The second-order valence-electron chi connectivity index (χ2n) is 2.69. The van der Waals surface area contributed by atoms with E-state index >= 15 is 0 Å². The van der Waals surface area contributed by atoms with Crippen molar-refractivity contribution in [3.05, 3.63) is 0 Å². The molecule has 0 bridgehead atoms. The van der Waals surface area contributed by atoms with E-state index in [2.05, 4.69) is 4.74 Å². The molecule has 1 fully saturated rings. The number of halogens is 1. The lowest BCUT2D eigenvalue weighted by molar-refractivity contribution is -0.0742. The minimum atomic E-state index is -1.61. The van der Waals surface area contributed by atoms with Crippen LogP contribution in [0, 0.1) is 0 Å². The number of hydrogen-bond acceptors (Lipinski definition) is 3. The molecule has 12 heavy (non-hydrogen) atoms. The van der Waals surface area contributed by atoms with Crippen LogP contribution < -0.4 is 0 Å². The van der Waals surface area contributed by atoms with E-state index < -0.39 is 19.1 Å². The molecule has 0 aromatic heterocycles. The van der Waals surface area contributed by atoms with Crippen molar-refractivity contribution < 1.29 is 19.0 Å². The van der Waals surface area contributed by atoms with Gasteiger partial charge < -0.3 is 14.7 Å². The first kappa shape index (κ1) is 9.25. The third kappa shape index (κ3) is 2.34. The molecule has 0 saturated carbocycles. The Bertz CT molecular complexity index is 159. The fourth-order valence-electron chi connectivity index (χ4n) is 1.12. The van der Waals surface area contributed by atoms with Gasteiger partial charge in [-0.1, -0.05) is 0 Å². The normalized spacial score (nSPS) is 19.3. The smallest absolute Gasteiger partial charge is 0.412 e. The van der Waals surface area contributed by atoms with Crippen LogP contribution in [0.1, 0.15) is 12.8 Å². The highest BCUT2D eigenvalue weighted by molar-refractivity contribution is 5.67. The van der Waals surface area contributed by atoms with Gasteiger partial charge in [-0.25, -0.2) is 9.18 Å². The quantitative estimate of drug-likeness (QED) is 0.625. The Labute approximate surface area is 69.9 Å². The van der Waals surface area contributed by atoms with Crippen molar-refractivity contribution in [2.75, 3.05) is 19.8 Å². The highest BCUT2D eigenvalue weighted by atomic mass is 19.1. The van der Waals surface area contributed by atoms with E-state index in [1.165, 1.54) is 4.90 Å². The third-order valence-electron chi connectivity index (χ3n) is 1.73. The minimum absolute atomic E-state index is 0.627. The molecule has 5 heteroatoms. The molecule has 0 aliphatic carbocycles. The van der Waals surface area contributed by atoms with Crippen molar-refractivity contribution in [3.8, 4) is 0 Å². The number of amides is 1. The van der Waals surface area contributed by atoms with Gasteiger partial charge in [0.2, 0.25) is 6.29 Å². The number of ether oxygens (including phenoxy) is 1. The Morgan fingerprint density at radius 1 is 1.58 bits per heavy atom. The Hall–Kier alpha value is -0.840. The molecule has 0 spiro atoms. The Morgan fingerprint density at radius 2 is 2.17 bits per heavy atom. The molecular weight excluding hydrogens is 165 g/mol. The summed E-state index contributed by atoms with van der Waals surface area (Å²) in [4.78, 5) is 12.4. The summed E-state index contributed by atoms with van der Waals surface area (Å²) in [5, 5.41) is 8.64. The van der Waals surface area contributed by atoms with Gasteiger partial charge in [0.15, 0.2) is 6.67 Å². The van der Waals surface area contributed by atoms with Crippen LogP contribution in [-0.2, 0) is 4.74 Å². The van der Waals surface area contributed by atoms with Crippen LogP contribution in [0.4, 0.5) is 9.18 Å². The first-order valence-corrected chi connectivity index (χ1v) is 3.93. The Morgan fingerprint density at radius 3 is 2.67 bits per heavy atom. The van der Waals surface area contributed by atoms with Crippen molar-refractivity contribution in [2.24, 2.45) is 0 Å². The molecule has 1 saturated heterocycles. The van der Waals surface area contributed by atoms with Crippen LogP contribution in [0.2, 0.25) is 0 Å². The van der Waals surface area contributed by atoms with Gasteiger partial charge in [0.1, 0.15) is 0 Å². The molecule has 1 N–H and O–H groups in total. The predicted molar refractivity (Wildman–Crippen MR) is 39.3 cm³/mol. The number of likely N-dealkylation sites (tertiary alicyclic amines) is 1. The number of nitrogens with zero attached hydrogens (tertiary/aromatic N) is 1. The number of aliphatic hydroxyl groups excluding tert-OH is 1. The number of carbonyl (C=O) groups excluding carboxylic acids is 1. The van der Waals surface area contributed by atoms with E-state index in [1.54, 1.807) is 0 Å². The average Bonchev–Trinajstić information content (AvgIpc) is 2.56. The zero-order valence-electron chi connectivity index (χ0n) is 6.70. The van der Waals surface area contributed by atoms with Crippen LogP contribution in [0.3, 0.4) is 0 Å². The lowest BCUT2D eigenvalue weighted by Gasteiger charge is -2.16. The summed E-state index contributed by atoms with van der Waals surface area (Å²) >= 11 is 0. The molecule has 70 valence electrons. The van der Waals surface area contributed by atoms with Crippen molar-refractivity contribution >= 4 is 6.09 Å². The second-order valence-corrected chi connectivity index (χ2v) is 2.69. The number of aliphatic hydroxyl groups is 1. The van der Waals surface area contributed by atoms with Crippen LogP contribution in [0.25, 0.3) is 0 Å². The molecule has 0 radical (unpaired) electrons. The van der Waals surface area contributed by atoms with Gasteiger partial charge in [-0.05, 0) is 12.8 Å². The van der Waals surface area contributed by atoms with E-state index in [-0.39, 0.29) is 0 Å². The minimum Gasteiger partial charge on any atom is -0.417 e.